The van der Waals surface area contributed by atoms with Gasteiger partial charge in [-0.1, -0.05) is 25.0 Å². The van der Waals surface area contributed by atoms with Crippen LogP contribution in [0.2, 0.25) is 0 Å². The number of H-pyrrole nitrogens is 1. The number of fused-ring (bicyclic) bond motifs is 1. The molecule has 0 aliphatic heterocycles. The number of hydrogen-bond acceptors (Lipinski definition) is 2. The van der Waals surface area contributed by atoms with E-state index in [0.717, 1.165) is 17.6 Å². The molecule has 0 aliphatic carbocycles. The topological polar surface area (TPSA) is 62.0 Å². The number of sulfonamides is 1. The molecule has 0 aliphatic rings. The summed E-state index contributed by atoms with van der Waals surface area (Å²) < 4.78 is 26.3. The third kappa shape index (κ3) is 4.08. The van der Waals surface area contributed by atoms with Crippen LogP contribution in [0.5, 0.6) is 0 Å². The molecule has 1 aromatic carbocycles. The molecule has 0 fully saturated rings. The van der Waals surface area contributed by atoms with Crippen molar-refractivity contribution in [2.45, 2.75) is 40.0 Å². The second-order valence-electron chi connectivity index (χ2n) is 5.59. The first kappa shape index (κ1) is 16.0. The smallest absolute Gasteiger partial charge is 0.211 e. The van der Waals surface area contributed by atoms with Gasteiger partial charge >= 0.3 is 0 Å². The highest BCUT2D eigenvalue weighted by Gasteiger charge is 2.11. The van der Waals surface area contributed by atoms with Gasteiger partial charge < -0.3 is 4.98 Å². The van der Waals surface area contributed by atoms with E-state index < -0.39 is 10.0 Å². The van der Waals surface area contributed by atoms with Crippen LogP contribution in [-0.4, -0.2) is 25.7 Å². The molecular weight excluding hydrogens is 284 g/mol. The van der Waals surface area contributed by atoms with Crippen LogP contribution >= 0.6 is 0 Å². The van der Waals surface area contributed by atoms with Crippen molar-refractivity contribution in [3.63, 3.8) is 0 Å². The van der Waals surface area contributed by atoms with Crippen LogP contribution in [0.3, 0.4) is 0 Å². The molecular formula is C16H24N2O2S. The fourth-order valence-corrected chi connectivity index (χ4v) is 3.78. The lowest BCUT2D eigenvalue weighted by molar-refractivity contribution is 0.578. The molecule has 2 rings (SSSR count). The molecule has 0 saturated heterocycles. The Labute approximate surface area is 127 Å². The van der Waals surface area contributed by atoms with Crippen molar-refractivity contribution in [2.24, 2.45) is 0 Å². The predicted octanol–water partition coefficient (Wildman–Crippen LogP) is 3.05. The van der Waals surface area contributed by atoms with E-state index in [9.17, 15) is 8.42 Å². The Morgan fingerprint density at radius 2 is 2.00 bits per heavy atom. The molecule has 1 heterocycles. The second kappa shape index (κ2) is 6.62. The van der Waals surface area contributed by atoms with Gasteiger partial charge in [-0.2, -0.15) is 0 Å². The Morgan fingerprint density at radius 3 is 2.71 bits per heavy atom. The maximum Gasteiger partial charge on any atom is 0.211 e. The summed E-state index contributed by atoms with van der Waals surface area (Å²) in [6.45, 7) is 6.55. The van der Waals surface area contributed by atoms with Gasteiger partial charge in [-0.25, -0.2) is 13.1 Å². The maximum atomic E-state index is 11.8. The van der Waals surface area contributed by atoms with Crippen LogP contribution in [0.4, 0.5) is 0 Å². The Hall–Kier alpha value is -1.33. The Morgan fingerprint density at radius 1 is 1.24 bits per heavy atom. The number of rotatable bonds is 7. The van der Waals surface area contributed by atoms with Crippen molar-refractivity contribution >= 4 is 20.9 Å². The Kier molecular flexibility index (Phi) is 5.06. The first-order chi connectivity index (χ1) is 9.93. The molecule has 116 valence electrons. The summed E-state index contributed by atoms with van der Waals surface area (Å²) >= 11 is 0. The highest BCUT2D eigenvalue weighted by molar-refractivity contribution is 7.89. The average Bonchev–Trinajstić information content (AvgIpc) is 2.73. The van der Waals surface area contributed by atoms with E-state index in [4.69, 9.17) is 0 Å². The predicted molar refractivity (Wildman–Crippen MR) is 88.2 cm³/mol. The van der Waals surface area contributed by atoms with Crippen LogP contribution in [-0.2, 0) is 16.4 Å². The average molecular weight is 308 g/mol. The monoisotopic (exact) mass is 308 g/mol. The molecule has 0 amide bonds. The third-order valence-corrected chi connectivity index (χ3v) is 5.21. The van der Waals surface area contributed by atoms with Crippen LogP contribution in [0.1, 0.15) is 36.6 Å². The molecule has 21 heavy (non-hydrogen) atoms. The molecule has 0 unspecified atom stereocenters. The number of aryl methyl sites for hydroxylation is 2. The van der Waals surface area contributed by atoms with Gasteiger partial charge in [0.1, 0.15) is 0 Å². The van der Waals surface area contributed by atoms with Crippen LogP contribution in [0, 0.1) is 13.8 Å². The van der Waals surface area contributed by atoms with Gasteiger partial charge in [0.05, 0.1) is 5.75 Å². The molecule has 4 nitrogen and oxygen atoms in total. The van der Waals surface area contributed by atoms with E-state index in [-0.39, 0.29) is 5.75 Å². The van der Waals surface area contributed by atoms with Crippen molar-refractivity contribution < 1.29 is 8.42 Å². The Balaban J connectivity index is 2.07. The summed E-state index contributed by atoms with van der Waals surface area (Å²) in [6, 6.07) is 6.31. The quantitative estimate of drug-likeness (QED) is 0.826. The molecule has 0 atom stereocenters. The zero-order valence-corrected chi connectivity index (χ0v) is 13.8. The van der Waals surface area contributed by atoms with Gasteiger partial charge in [-0.3, -0.25) is 0 Å². The van der Waals surface area contributed by atoms with Crippen molar-refractivity contribution in [2.75, 3.05) is 12.3 Å². The minimum absolute atomic E-state index is 0.218. The summed E-state index contributed by atoms with van der Waals surface area (Å²) in [5, 5.41) is 1.19. The number of aromatic amines is 1. The molecule has 2 aromatic rings. The Bertz CT molecular complexity index is 717. The van der Waals surface area contributed by atoms with Gasteiger partial charge in [0.2, 0.25) is 10.0 Å². The fourth-order valence-electron chi connectivity index (χ4n) is 2.56. The highest BCUT2D eigenvalue weighted by atomic mass is 32.2. The number of hydrogen-bond donors (Lipinski definition) is 2. The summed E-state index contributed by atoms with van der Waals surface area (Å²) in [7, 11) is -3.13. The zero-order valence-electron chi connectivity index (χ0n) is 13.0. The first-order valence-electron chi connectivity index (χ1n) is 7.48. The summed E-state index contributed by atoms with van der Waals surface area (Å²) in [5.74, 6) is 0.218. The van der Waals surface area contributed by atoms with Crippen molar-refractivity contribution in [1.29, 1.82) is 0 Å². The number of nitrogens with one attached hydrogen (secondary N) is 2. The van der Waals surface area contributed by atoms with Crippen LogP contribution < -0.4 is 4.72 Å². The van der Waals surface area contributed by atoms with Crippen LogP contribution in [0.25, 0.3) is 10.9 Å². The molecule has 5 heteroatoms. The SMILES string of the molecule is CCCCS(=O)(=O)NCCc1c(C)[nH]c2ccc(C)cc12. The second-order valence-corrected chi connectivity index (χ2v) is 7.52. The van der Waals surface area contributed by atoms with E-state index >= 15 is 0 Å². The molecule has 2 N–H and O–H groups in total. The minimum atomic E-state index is -3.13. The molecule has 0 radical (unpaired) electrons. The van der Waals surface area contributed by atoms with Gasteiger partial charge in [-0.15, -0.1) is 0 Å². The van der Waals surface area contributed by atoms with Crippen molar-refractivity contribution in [3.8, 4) is 0 Å². The highest BCUT2D eigenvalue weighted by Crippen LogP contribution is 2.23. The lowest BCUT2D eigenvalue weighted by Gasteiger charge is -2.06. The first-order valence-corrected chi connectivity index (χ1v) is 9.13. The largest absolute Gasteiger partial charge is 0.358 e. The lowest BCUT2D eigenvalue weighted by atomic mass is 10.1. The van der Waals surface area contributed by atoms with Crippen molar-refractivity contribution in [1.82, 2.24) is 9.71 Å². The molecule has 0 bridgehead atoms. The van der Waals surface area contributed by atoms with Gasteiger partial charge in [0, 0.05) is 23.1 Å². The van der Waals surface area contributed by atoms with E-state index in [0.29, 0.717) is 19.4 Å². The van der Waals surface area contributed by atoms with Gasteiger partial charge in [0.15, 0.2) is 0 Å². The van der Waals surface area contributed by atoms with Crippen LogP contribution in [0.15, 0.2) is 18.2 Å². The van der Waals surface area contributed by atoms with Crippen molar-refractivity contribution in [3.05, 3.63) is 35.0 Å². The number of aromatic nitrogens is 1. The number of benzene rings is 1. The number of unbranched alkanes of at least 4 members (excludes halogenated alkanes) is 1. The van der Waals surface area contributed by atoms with Gasteiger partial charge in [0.25, 0.3) is 0 Å². The van der Waals surface area contributed by atoms with E-state index in [1.807, 2.05) is 13.8 Å². The third-order valence-electron chi connectivity index (χ3n) is 3.74. The summed E-state index contributed by atoms with van der Waals surface area (Å²) in [4.78, 5) is 3.36. The standard InChI is InChI=1S/C16H24N2O2S/c1-4-5-10-21(19,20)17-9-8-14-13(3)18-16-7-6-12(2)11-15(14)16/h6-7,11,17-18H,4-5,8-10H2,1-3H3. The minimum Gasteiger partial charge on any atom is -0.358 e. The fraction of sp³-hybridized carbons (Fsp3) is 0.500. The van der Waals surface area contributed by atoms with Gasteiger partial charge in [-0.05, 0) is 44.4 Å². The molecule has 0 saturated carbocycles. The zero-order chi connectivity index (χ0) is 15.5. The molecule has 0 spiro atoms. The maximum absolute atomic E-state index is 11.8. The summed E-state index contributed by atoms with van der Waals surface area (Å²) in [5.41, 5.74) is 4.64. The normalized spacial score (nSPS) is 12.1. The molecule has 1 aromatic heterocycles. The lowest BCUT2D eigenvalue weighted by Crippen LogP contribution is -2.28. The van der Waals surface area contributed by atoms with E-state index in [1.165, 1.54) is 16.5 Å². The summed E-state index contributed by atoms with van der Waals surface area (Å²) in [6.07, 6.45) is 2.31. The van der Waals surface area contributed by atoms with E-state index in [2.05, 4.69) is 34.8 Å². The van der Waals surface area contributed by atoms with E-state index in [1.54, 1.807) is 0 Å².